The molecule has 1 aliphatic carbocycles. The van der Waals surface area contributed by atoms with Gasteiger partial charge in [-0.05, 0) is 19.8 Å². The van der Waals surface area contributed by atoms with Crippen molar-refractivity contribution >= 4 is 11.8 Å². The normalized spacial score (nSPS) is 24.0. The number of nitrogen functional groups attached to an aromatic ring is 1. The molecule has 5 heteroatoms. The highest BCUT2D eigenvalue weighted by molar-refractivity contribution is 5.46. The third kappa shape index (κ3) is 2.64. The Morgan fingerprint density at radius 2 is 2.24 bits per heavy atom. The van der Waals surface area contributed by atoms with Crippen molar-refractivity contribution in [1.29, 1.82) is 5.26 Å². The molecule has 1 aliphatic rings. The lowest BCUT2D eigenvalue weighted by Crippen LogP contribution is -2.32. The number of hydrogen-bond acceptors (Lipinski definition) is 5. The first-order valence-electron chi connectivity index (χ1n) is 5.96. The molecule has 0 radical (unpaired) electrons. The molecule has 1 heterocycles. The van der Waals surface area contributed by atoms with Crippen LogP contribution in [0.3, 0.4) is 0 Å². The third-order valence-corrected chi connectivity index (χ3v) is 3.24. The average molecular weight is 231 g/mol. The van der Waals surface area contributed by atoms with Crippen molar-refractivity contribution in [3.8, 4) is 6.07 Å². The molecule has 0 aliphatic heterocycles. The number of aryl methyl sites for hydroxylation is 1. The van der Waals surface area contributed by atoms with Crippen LogP contribution in [0.5, 0.6) is 0 Å². The van der Waals surface area contributed by atoms with Crippen LogP contribution in [0.15, 0.2) is 6.20 Å². The van der Waals surface area contributed by atoms with Crippen LogP contribution in [0.4, 0.5) is 11.8 Å². The van der Waals surface area contributed by atoms with Crippen LogP contribution in [0.1, 0.15) is 31.2 Å². The molecule has 17 heavy (non-hydrogen) atoms. The van der Waals surface area contributed by atoms with Crippen molar-refractivity contribution in [2.75, 3.05) is 11.1 Å². The largest absolute Gasteiger partial charge is 0.368 e. The van der Waals surface area contributed by atoms with Crippen LogP contribution >= 0.6 is 0 Å². The molecule has 0 spiro atoms. The standard InChI is InChI=1S/C12H17N5/c1-8-7-15-12(14)17-11(8)16-10-5-3-2-4-9(10)6-13/h7,9-10H,2-5H2,1H3,(H3,14,15,16,17). The number of anilines is 2. The van der Waals surface area contributed by atoms with Gasteiger partial charge in [-0.2, -0.15) is 10.2 Å². The van der Waals surface area contributed by atoms with Crippen molar-refractivity contribution < 1.29 is 0 Å². The molecule has 1 fully saturated rings. The molecule has 0 saturated heterocycles. The second-order valence-corrected chi connectivity index (χ2v) is 4.53. The number of aromatic nitrogens is 2. The lowest BCUT2D eigenvalue weighted by Gasteiger charge is -2.28. The Hall–Kier alpha value is -1.83. The number of nitriles is 1. The summed E-state index contributed by atoms with van der Waals surface area (Å²) in [6, 6.07) is 2.55. The van der Waals surface area contributed by atoms with Gasteiger partial charge in [-0.3, -0.25) is 0 Å². The predicted molar refractivity (Wildman–Crippen MR) is 66.2 cm³/mol. The molecule has 90 valence electrons. The zero-order chi connectivity index (χ0) is 12.3. The maximum absolute atomic E-state index is 9.12. The third-order valence-electron chi connectivity index (χ3n) is 3.24. The average Bonchev–Trinajstić information content (AvgIpc) is 2.34. The van der Waals surface area contributed by atoms with Crippen LogP contribution in [0, 0.1) is 24.2 Å². The SMILES string of the molecule is Cc1cnc(N)nc1NC1CCCCC1C#N. The highest BCUT2D eigenvalue weighted by atomic mass is 15.1. The highest BCUT2D eigenvalue weighted by Crippen LogP contribution is 2.27. The Labute approximate surface area is 101 Å². The Kier molecular flexibility index (Phi) is 3.43. The minimum atomic E-state index is 0.0688. The first kappa shape index (κ1) is 11.6. The zero-order valence-electron chi connectivity index (χ0n) is 9.98. The number of nitrogens with one attached hydrogen (secondary N) is 1. The molecule has 0 bridgehead atoms. The van der Waals surface area contributed by atoms with Gasteiger partial charge in [0.1, 0.15) is 5.82 Å². The number of rotatable bonds is 2. The summed E-state index contributed by atoms with van der Waals surface area (Å²) in [4.78, 5) is 8.11. The van der Waals surface area contributed by atoms with E-state index in [1.165, 1.54) is 0 Å². The Morgan fingerprint density at radius 1 is 1.47 bits per heavy atom. The quantitative estimate of drug-likeness (QED) is 0.811. The number of nitrogens with zero attached hydrogens (tertiary/aromatic N) is 3. The lowest BCUT2D eigenvalue weighted by atomic mass is 9.85. The fraction of sp³-hybridized carbons (Fsp3) is 0.583. The van der Waals surface area contributed by atoms with E-state index in [4.69, 9.17) is 11.0 Å². The topological polar surface area (TPSA) is 87.6 Å². The van der Waals surface area contributed by atoms with E-state index in [-0.39, 0.29) is 17.9 Å². The van der Waals surface area contributed by atoms with Gasteiger partial charge in [-0.15, -0.1) is 0 Å². The summed E-state index contributed by atoms with van der Waals surface area (Å²) in [6.45, 7) is 1.94. The molecular formula is C12H17N5. The van der Waals surface area contributed by atoms with Gasteiger partial charge in [0.05, 0.1) is 12.0 Å². The molecule has 3 N–H and O–H groups in total. The molecule has 0 amide bonds. The summed E-state index contributed by atoms with van der Waals surface area (Å²) in [6.07, 6.45) is 5.99. The second kappa shape index (κ2) is 5.00. The van der Waals surface area contributed by atoms with Crippen molar-refractivity contribution in [2.24, 2.45) is 5.92 Å². The van der Waals surface area contributed by atoms with Crippen LogP contribution in [-0.4, -0.2) is 16.0 Å². The molecule has 2 unspecified atom stereocenters. The van der Waals surface area contributed by atoms with Crippen LogP contribution in [0.2, 0.25) is 0 Å². The van der Waals surface area contributed by atoms with E-state index in [1.54, 1.807) is 6.20 Å². The maximum Gasteiger partial charge on any atom is 0.221 e. The van der Waals surface area contributed by atoms with Crippen molar-refractivity contribution in [2.45, 2.75) is 38.6 Å². The molecule has 1 saturated carbocycles. The zero-order valence-corrected chi connectivity index (χ0v) is 9.98. The molecule has 2 rings (SSSR count). The Morgan fingerprint density at radius 3 is 3.00 bits per heavy atom. The van der Waals surface area contributed by atoms with Gasteiger partial charge in [0.2, 0.25) is 5.95 Å². The number of nitrogens with two attached hydrogens (primary N) is 1. The molecule has 1 aromatic heterocycles. The summed E-state index contributed by atoms with van der Waals surface area (Å²) >= 11 is 0. The van der Waals surface area contributed by atoms with E-state index >= 15 is 0 Å². The Balaban J connectivity index is 2.14. The van der Waals surface area contributed by atoms with E-state index < -0.39 is 0 Å². The van der Waals surface area contributed by atoms with Gasteiger partial charge in [-0.25, -0.2) is 4.98 Å². The van der Waals surface area contributed by atoms with Crippen LogP contribution < -0.4 is 11.1 Å². The molecular weight excluding hydrogens is 214 g/mol. The van der Waals surface area contributed by atoms with E-state index in [0.717, 1.165) is 37.1 Å². The fourth-order valence-corrected chi connectivity index (χ4v) is 2.24. The summed E-state index contributed by atoms with van der Waals surface area (Å²) in [5.41, 5.74) is 6.53. The monoisotopic (exact) mass is 231 g/mol. The van der Waals surface area contributed by atoms with Gasteiger partial charge < -0.3 is 11.1 Å². The van der Waals surface area contributed by atoms with E-state index in [0.29, 0.717) is 0 Å². The second-order valence-electron chi connectivity index (χ2n) is 4.53. The van der Waals surface area contributed by atoms with Gasteiger partial charge in [0.15, 0.2) is 0 Å². The highest BCUT2D eigenvalue weighted by Gasteiger charge is 2.25. The van der Waals surface area contributed by atoms with E-state index in [2.05, 4.69) is 21.4 Å². The van der Waals surface area contributed by atoms with Crippen molar-refractivity contribution in [1.82, 2.24) is 9.97 Å². The minimum absolute atomic E-state index is 0.0688. The molecule has 0 aromatic carbocycles. The van der Waals surface area contributed by atoms with Crippen LogP contribution in [-0.2, 0) is 0 Å². The van der Waals surface area contributed by atoms with Gasteiger partial charge in [0, 0.05) is 17.8 Å². The minimum Gasteiger partial charge on any atom is -0.368 e. The smallest absolute Gasteiger partial charge is 0.221 e. The predicted octanol–water partition coefficient (Wildman–Crippen LogP) is 1.86. The van der Waals surface area contributed by atoms with E-state index in [1.807, 2.05) is 6.92 Å². The van der Waals surface area contributed by atoms with E-state index in [9.17, 15) is 0 Å². The Bertz CT molecular complexity index is 437. The fourth-order valence-electron chi connectivity index (χ4n) is 2.24. The summed E-state index contributed by atoms with van der Waals surface area (Å²) in [5.74, 6) is 1.09. The molecule has 2 atom stereocenters. The number of hydrogen-bond donors (Lipinski definition) is 2. The van der Waals surface area contributed by atoms with Gasteiger partial charge in [0.25, 0.3) is 0 Å². The molecule has 5 nitrogen and oxygen atoms in total. The van der Waals surface area contributed by atoms with Crippen molar-refractivity contribution in [3.63, 3.8) is 0 Å². The summed E-state index contributed by atoms with van der Waals surface area (Å²) < 4.78 is 0. The van der Waals surface area contributed by atoms with Gasteiger partial charge in [-0.1, -0.05) is 12.8 Å². The first-order chi connectivity index (χ1) is 8.20. The van der Waals surface area contributed by atoms with Crippen molar-refractivity contribution in [3.05, 3.63) is 11.8 Å². The molecule has 1 aromatic rings. The maximum atomic E-state index is 9.12. The lowest BCUT2D eigenvalue weighted by molar-refractivity contribution is 0.388. The van der Waals surface area contributed by atoms with Gasteiger partial charge >= 0.3 is 0 Å². The summed E-state index contributed by atoms with van der Waals surface area (Å²) in [5, 5.41) is 12.5. The first-order valence-corrected chi connectivity index (χ1v) is 5.96. The summed E-state index contributed by atoms with van der Waals surface area (Å²) in [7, 11) is 0. The van der Waals surface area contributed by atoms with Crippen LogP contribution in [0.25, 0.3) is 0 Å².